The van der Waals surface area contributed by atoms with Gasteiger partial charge in [-0.15, -0.1) is 11.3 Å². The number of thiocarbonyl (C=S) groups is 1. The molecule has 0 bridgehead atoms. The lowest BCUT2D eigenvalue weighted by Crippen LogP contribution is -2.29. The Labute approximate surface area is 189 Å². The van der Waals surface area contributed by atoms with Gasteiger partial charge in [0.15, 0.2) is 10.2 Å². The molecule has 0 spiro atoms. The van der Waals surface area contributed by atoms with E-state index in [4.69, 9.17) is 12.2 Å². The molecule has 2 atom stereocenters. The zero-order valence-corrected chi connectivity index (χ0v) is 18.7. The number of nitrogens with one attached hydrogen (secondary N) is 1. The molecule has 31 heavy (non-hydrogen) atoms. The van der Waals surface area contributed by atoms with Crippen LogP contribution in [0.1, 0.15) is 34.7 Å². The molecule has 156 valence electrons. The van der Waals surface area contributed by atoms with Crippen LogP contribution >= 0.6 is 23.6 Å². The Morgan fingerprint density at radius 3 is 2.58 bits per heavy atom. The first kappa shape index (κ1) is 19.7. The number of nitrogens with zero attached hydrogens (tertiary/aromatic N) is 4. The summed E-state index contributed by atoms with van der Waals surface area (Å²) in [4.78, 5) is 11.1. The van der Waals surface area contributed by atoms with Crippen LogP contribution in [-0.2, 0) is 0 Å². The summed E-state index contributed by atoms with van der Waals surface area (Å²) in [6.07, 6.45) is 3.61. The van der Waals surface area contributed by atoms with E-state index in [0.717, 1.165) is 27.8 Å². The number of rotatable bonds is 4. The van der Waals surface area contributed by atoms with Crippen molar-refractivity contribution in [3.8, 4) is 10.9 Å². The molecule has 1 saturated heterocycles. The van der Waals surface area contributed by atoms with Crippen molar-refractivity contribution in [2.24, 2.45) is 0 Å². The number of aromatic hydroxyl groups is 1. The van der Waals surface area contributed by atoms with Crippen LogP contribution in [0.25, 0.3) is 5.13 Å². The Morgan fingerprint density at radius 2 is 1.87 bits per heavy atom. The maximum Gasteiger partial charge on any atom is 0.193 e. The lowest BCUT2D eigenvalue weighted by Gasteiger charge is -2.28. The van der Waals surface area contributed by atoms with Gasteiger partial charge in [-0.05, 0) is 62.0 Å². The summed E-state index contributed by atoms with van der Waals surface area (Å²) in [5.41, 5.74) is 4.86. The van der Waals surface area contributed by atoms with Gasteiger partial charge in [-0.3, -0.25) is 9.55 Å². The number of phenols is 1. The molecular formula is C23H21N5OS2. The largest absolute Gasteiger partial charge is 0.506 e. The van der Waals surface area contributed by atoms with Crippen molar-refractivity contribution in [2.45, 2.75) is 25.9 Å². The predicted octanol–water partition coefficient (Wildman–Crippen LogP) is 4.83. The molecule has 4 heterocycles. The summed E-state index contributed by atoms with van der Waals surface area (Å²) in [6.45, 7) is 4.18. The van der Waals surface area contributed by atoms with E-state index in [0.29, 0.717) is 10.8 Å². The van der Waals surface area contributed by atoms with Gasteiger partial charge >= 0.3 is 0 Å². The molecule has 0 radical (unpaired) electrons. The van der Waals surface area contributed by atoms with Gasteiger partial charge in [0.1, 0.15) is 5.75 Å². The number of hydrogen-bond donors (Lipinski definition) is 2. The molecule has 3 aromatic heterocycles. The highest BCUT2D eigenvalue weighted by atomic mass is 32.1. The molecule has 4 aromatic rings. The van der Waals surface area contributed by atoms with Crippen LogP contribution in [0.5, 0.6) is 5.75 Å². The summed E-state index contributed by atoms with van der Waals surface area (Å²) in [5, 5.41) is 17.5. The maximum atomic E-state index is 10.6. The second kappa shape index (κ2) is 7.79. The van der Waals surface area contributed by atoms with Crippen LogP contribution in [0.4, 0.5) is 5.69 Å². The van der Waals surface area contributed by atoms with Crippen LogP contribution in [0.3, 0.4) is 0 Å². The number of thiazole rings is 1. The normalized spacial score (nSPS) is 18.4. The number of anilines is 1. The van der Waals surface area contributed by atoms with Gasteiger partial charge in [0.05, 0.1) is 23.5 Å². The van der Waals surface area contributed by atoms with Gasteiger partial charge in [0.2, 0.25) is 0 Å². The third-order valence-electron chi connectivity index (χ3n) is 5.64. The van der Waals surface area contributed by atoms with E-state index in [2.05, 4.69) is 39.8 Å². The second-order valence-corrected chi connectivity index (χ2v) is 8.72. The number of para-hydroxylation sites is 2. The summed E-state index contributed by atoms with van der Waals surface area (Å²) in [5.74, 6) is 0.187. The highest BCUT2D eigenvalue weighted by molar-refractivity contribution is 7.80. The third-order valence-corrected chi connectivity index (χ3v) is 6.71. The van der Waals surface area contributed by atoms with Crippen molar-refractivity contribution in [3.63, 3.8) is 0 Å². The molecule has 5 rings (SSSR count). The first-order chi connectivity index (χ1) is 15.1. The molecular weight excluding hydrogens is 426 g/mol. The lowest BCUT2D eigenvalue weighted by molar-refractivity contribution is 0.472. The van der Waals surface area contributed by atoms with Gasteiger partial charge < -0.3 is 15.3 Å². The molecule has 1 aliphatic heterocycles. The number of benzene rings is 1. The fraction of sp³-hybridized carbons (Fsp3) is 0.174. The molecule has 1 aromatic carbocycles. The fourth-order valence-electron chi connectivity index (χ4n) is 4.31. The van der Waals surface area contributed by atoms with E-state index in [1.165, 1.54) is 0 Å². The second-order valence-electron chi connectivity index (χ2n) is 7.46. The van der Waals surface area contributed by atoms with Crippen molar-refractivity contribution < 1.29 is 5.11 Å². The highest BCUT2D eigenvalue weighted by Crippen LogP contribution is 2.45. The number of pyridine rings is 1. The molecule has 2 N–H and O–H groups in total. The topological polar surface area (TPSA) is 66.2 Å². The molecule has 6 nitrogen and oxygen atoms in total. The monoisotopic (exact) mass is 447 g/mol. The van der Waals surface area contributed by atoms with E-state index in [-0.39, 0.29) is 17.8 Å². The number of aromatic nitrogens is 3. The van der Waals surface area contributed by atoms with Crippen molar-refractivity contribution in [2.75, 3.05) is 4.90 Å². The third kappa shape index (κ3) is 3.28. The summed E-state index contributed by atoms with van der Waals surface area (Å²) < 4.78 is 2.17. The molecule has 1 fully saturated rings. The quantitative estimate of drug-likeness (QED) is 0.437. The number of hydrogen-bond acceptors (Lipinski definition) is 5. The van der Waals surface area contributed by atoms with Gasteiger partial charge in [-0.1, -0.05) is 18.2 Å². The first-order valence-corrected chi connectivity index (χ1v) is 11.2. The lowest BCUT2D eigenvalue weighted by atomic mass is 9.96. The van der Waals surface area contributed by atoms with Crippen LogP contribution < -0.4 is 10.2 Å². The first-order valence-electron chi connectivity index (χ1n) is 9.93. The highest BCUT2D eigenvalue weighted by Gasteiger charge is 2.43. The summed E-state index contributed by atoms with van der Waals surface area (Å²) in [6, 6.07) is 15.0. The Kier molecular flexibility index (Phi) is 4.95. The van der Waals surface area contributed by atoms with Crippen molar-refractivity contribution in [1.82, 2.24) is 19.9 Å². The smallest absolute Gasteiger partial charge is 0.193 e. The predicted molar refractivity (Wildman–Crippen MR) is 127 cm³/mol. The Morgan fingerprint density at radius 1 is 1.06 bits per heavy atom. The van der Waals surface area contributed by atoms with E-state index >= 15 is 0 Å². The average Bonchev–Trinajstić information content (AvgIpc) is 3.47. The molecule has 1 aliphatic rings. The van der Waals surface area contributed by atoms with Crippen LogP contribution in [0.15, 0.2) is 66.3 Å². The van der Waals surface area contributed by atoms with Crippen LogP contribution in [0.2, 0.25) is 0 Å². The van der Waals surface area contributed by atoms with Gasteiger partial charge in [-0.2, -0.15) is 0 Å². The average molecular weight is 448 g/mol. The maximum absolute atomic E-state index is 10.6. The fourth-order valence-corrected chi connectivity index (χ4v) is 5.40. The zero-order valence-electron chi connectivity index (χ0n) is 17.1. The summed E-state index contributed by atoms with van der Waals surface area (Å²) in [7, 11) is 0. The Bertz CT molecular complexity index is 1240. The minimum Gasteiger partial charge on any atom is -0.506 e. The van der Waals surface area contributed by atoms with Crippen molar-refractivity contribution in [1.29, 1.82) is 0 Å². The molecule has 0 amide bonds. The van der Waals surface area contributed by atoms with E-state index in [1.54, 1.807) is 23.6 Å². The molecule has 0 aliphatic carbocycles. The van der Waals surface area contributed by atoms with Gasteiger partial charge in [0, 0.05) is 29.2 Å². The van der Waals surface area contributed by atoms with E-state index in [1.807, 2.05) is 52.9 Å². The Hall–Kier alpha value is -3.23. The van der Waals surface area contributed by atoms with Gasteiger partial charge in [-0.25, -0.2) is 4.98 Å². The minimum atomic E-state index is -0.185. The molecule has 8 heteroatoms. The number of phenolic OH excluding ortho intramolecular Hbond substituents is 1. The van der Waals surface area contributed by atoms with Crippen LogP contribution in [-0.4, -0.2) is 24.8 Å². The SMILES string of the molecule is Cc1cc([C@@H]2[C@H](c3ccccn3)NC(=S)N2c2ccccc2O)c(C)n1-c1nccs1. The molecule has 0 unspecified atom stereocenters. The molecule has 0 saturated carbocycles. The number of aryl methyl sites for hydroxylation is 1. The Balaban J connectivity index is 1.70. The van der Waals surface area contributed by atoms with E-state index < -0.39 is 0 Å². The van der Waals surface area contributed by atoms with Gasteiger partial charge in [0.25, 0.3) is 0 Å². The van der Waals surface area contributed by atoms with Crippen molar-refractivity contribution >= 4 is 34.4 Å². The minimum absolute atomic E-state index is 0.168. The van der Waals surface area contributed by atoms with Crippen LogP contribution in [0, 0.1) is 13.8 Å². The summed E-state index contributed by atoms with van der Waals surface area (Å²) >= 11 is 7.36. The van der Waals surface area contributed by atoms with Crippen molar-refractivity contribution in [3.05, 3.63) is 88.9 Å². The standard InChI is InChI=1S/C23H21N5OS2/c1-14-13-16(15(2)27(14)23-25-11-12-31-23)21-20(17-7-5-6-10-24-17)26-22(30)28(21)18-8-3-4-9-19(18)29/h3-13,20-21,29H,1-2H3,(H,26,30)/t20-,21+/m0/s1. The zero-order chi connectivity index (χ0) is 21.5. The van der Waals surface area contributed by atoms with E-state index in [9.17, 15) is 5.11 Å².